The van der Waals surface area contributed by atoms with Crippen molar-refractivity contribution in [3.63, 3.8) is 0 Å². The van der Waals surface area contributed by atoms with Crippen molar-refractivity contribution >= 4 is 5.97 Å². The monoisotopic (exact) mass is 305 g/mol. The molecule has 3 nitrogen and oxygen atoms in total. The molecule has 1 aromatic carbocycles. The standard InChI is InChI=1S/C18H24FNO2/c1-12-4-6-13(7-5-12)16-14-8-9-15(17(16)18(21)22-2)20(14)11-3-10-19/h4-7,14-17H,3,8-11H2,1-2H3/t14?,15?,16-,17+/m0/s1. The maximum absolute atomic E-state index is 12.6. The second kappa shape index (κ2) is 6.37. The van der Waals surface area contributed by atoms with Gasteiger partial charge in [-0.05, 0) is 31.7 Å². The molecule has 4 atom stereocenters. The van der Waals surface area contributed by atoms with Gasteiger partial charge in [-0.15, -0.1) is 0 Å². The Labute approximate surface area is 131 Å². The van der Waals surface area contributed by atoms with E-state index in [0.717, 1.165) is 19.4 Å². The predicted octanol–water partition coefficient (Wildman–Crippen LogP) is 3.07. The number of aryl methyl sites for hydroxylation is 1. The summed E-state index contributed by atoms with van der Waals surface area (Å²) < 4.78 is 17.7. The molecule has 0 amide bonds. The molecule has 2 unspecified atom stereocenters. The lowest BCUT2D eigenvalue weighted by Gasteiger charge is -2.27. The number of nitrogens with zero attached hydrogens (tertiary/aromatic N) is 1. The number of hydrogen-bond donors (Lipinski definition) is 0. The van der Waals surface area contributed by atoms with E-state index in [4.69, 9.17) is 4.74 Å². The molecule has 0 N–H and O–H groups in total. The van der Waals surface area contributed by atoms with Crippen LogP contribution in [0.2, 0.25) is 0 Å². The topological polar surface area (TPSA) is 29.5 Å². The van der Waals surface area contributed by atoms with Gasteiger partial charge < -0.3 is 4.74 Å². The third-order valence-electron chi connectivity index (χ3n) is 5.31. The highest BCUT2D eigenvalue weighted by Gasteiger charge is 2.56. The molecular formula is C18H24FNO2. The number of alkyl halides is 1. The summed E-state index contributed by atoms with van der Waals surface area (Å²) in [6.45, 7) is 2.51. The number of esters is 1. The fourth-order valence-electron chi connectivity index (χ4n) is 4.40. The Morgan fingerprint density at radius 1 is 1.27 bits per heavy atom. The van der Waals surface area contributed by atoms with Crippen LogP contribution in [0.3, 0.4) is 0 Å². The SMILES string of the molecule is COC(=O)[C@@H]1C2CCC([C@@H]1c1ccc(C)cc1)N2CCCF. The normalized spacial score (nSPS) is 30.7. The number of rotatable bonds is 5. The highest BCUT2D eigenvalue weighted by Crippen LogP contribution is 2.51. The van der Waals surface area contributed by atoms with Gasteiger partial charge in [-0.1, -0.05) is 29.8 Å². The van der Waals surface area contributed by atoms with Gasteiger partial charge in [-0.3, -0.25) is 14.1 Å². The van der Waals surface area contributed by atoms with Crippen LogP contribution in [-0.4, -0.2) is 43.3 Å². The smallest absolute Gasteiger partial charge is 0.310 e. The summed E-state index contributed by atoms with van der Waals surface area (Å²) in [6.07, 6.45) is 2.64. The van der Waals surface area contributed by atoms with Crippen molar-refractivity contribution in [2.75, 3.05) is 20.3 Å². The molecule has 0 saturated carbocycles. The Bertz CT molecular complexity index is 530. The summed E-state index contributed by atoms with van der Waals surface area (Å²) in [5, 5.41) is 0. The lowest BCUT2D eigenvalue weighted by Crippen LogP contribution is -2.35. The largest absolute Gasteiger partial charge is 0.469 e. The molecule has 22 heavy (non-hydrogen) atoms. The maximum Gasteiger partial charge on any atom is 0.310 e. The first kappa shape index (κ1) is 15.5. The Hall–Kier alpha value is -1.42. The van der Waals surface area contributed by atoms with Crippen LogP contribution in [0.1, 0.15) is 36.3 Å². The first-order valence-corrected chi connectivity index (χ1v) is 8.13. The van der Waals surface area contributed by atoms with Gasteiger partial charge in [0.05, 0.1) is 19.7 Å². The molecule has 2 heterocycles. The molecule has 3 rings (SSSR count). The van der Waals surface area contributed by atoms with Crippen LogP contribution < -0.4 is 0 Å². The summed E-state index contributed by atoms with van der Waals surface area (Å²) in [6, 6.07) is 9.00. The number of benzene rings is 1. The number of ether oxygens (including phenoxy) is 1. The molecule has 0 radical (unpaired) electrons. The summed E-state index contributed by atoms with van der Waals surface area (Å²) in [7, 11) is 1.46. The van der Waals surface area contributed by atoms with Crippen LogP contribution in [-0.2, 0) is 9.53 Å². The molecule has 2 saturated heterocycles. The maximum atomic E-state index is 12.6. The van der Waals surface area contributed by atoms with Gasteiger partial charge in [0.2, 0.25) is 0 Å². The zero-order chi connectivity index (χ0) is 15.7. The highest BCUT2D eigenvalue weighted by molar-refractivity contribution is 5.75. The molecule has 0 aromatic heterocycles. The van der Waals surface area contributed by atoms with E-state index >= 15 is 0 Å². The van der Waals surface area contributed by atoms with Crippen molar-refractivity contribution in [1.29, 1.82) is 0 Å². The second-order valence-corrected chi connectivity index (χ2v) is 6.48. The Kier molecular flexibility index (Phi) is 4.48. The van der Waals surface area contributed by atoms with Gasteiger partial charge in [-0.25, -0.2) is 0 Å². The van der Waals surface area contributed by atoms with Crippen molar-refractivity contribution in [2.45, 2.75) is 44.2 Å². The number of carbonyl (C=O) groups excluding carboxylic acids is 1. The average Bonchev–Trinajstić information content (AvgIpc) is 3.07. The van der Waals surface area contributed by atoms with E-state index in [0.29, 0.717) is 12.5 Å². The molecule has 4 heteroatoms. The molecule has 2 bridgehead atoms. The van der Waals surface area contributed by atoms with Gasteiger partial charge in [0.25, 0.3) is 0 Å². The number of halogens is 1. The second-order valence-electron chi connectivity index (χ2n) is 6.48. The summed E-state index contributed by atoms with van der Waals surface area (Å²) in [5.41, 5.74) is 2.43. The number of methoxy groups -OCH3 is 1. The van der Waals surface area contributed by atoms with Crippen LogP contribution >= 0.6 is 0 Å². The van der Waals surface area contributed by atoms with Crippen molar-refractivity contribution in [3.05, 3.63) is 35.4 Å². The first-order valence-electron chi connectivity index (χ1n) is 8.13. The lowest BCUT2D eigenvalue weighted by atomic mass is 9.75. The molecule has 1 aromatic rings. The summed E-state index contributed by atoms with van der Waals surface area (Å²) >= 11 is 0. The number of carbonyl (C=O) groups is 1. The molecule has 0 spiro atoms. The van der Waals surface area contributed by atoms with Crippen LogP contribution in [0.25, 0.3) is 0 Å². The molecule has 2 aliphatic heterocycles. The predicted molar refractivity (Wildman–Crippen MR) is 83.5 cm³/mol. The molecule has 2 aliphatic rings. The molecular weight excluding hydrogens is 281 g/mol. The van der Waals surface area contributed by atoms with Crippen molar-refractivity contribution in [1.82, 2.24) is 4.90 Å². The lowest BCUT2D eigenvalue weighted by molar-refractivity contribution is -0.147. The minimum atomic E-state index is -0.298. The minimum Gasteiger partial charge on any atom is -0.469 e. The molecule has 120 valence electrons. The Morgan fingerprint density at radius 2 is 1.95 bits per heavy atom. The van der Waals surface area contributed by atoms with Gasteiger partial charge in [-0.2, -0.15) is 0 Å². The quantitative estimate of drug-likeness (QED) is 0.783. The van der Waals surface area contributed by atoms with Crippen LogP contribution in [0.5, 0.6) is 0 Å². The van der Waals surface area contributed by atoms with E-state index in [-0.39, 0.29) is 30.5 Å². The van der Waals surface area contributed by atoms with Crippen molar-refractivity contribution in [3.8, 4) is 0 Å². The number of fused-ring (bicyclic) bond motifs is 2. The first-order chi connectivity index (χ1) is 10.7. The molecule has 0 aliphatic carbocycles. The zero-order valence-corrected chi connectivity index (χ0v) is 13.3. The minimum absolute atomic E-state index is 0.119. The summed E-state index contributed by atoms with van der Waals surface area (Å²) in [4.78, 5) is 14.7. The fraction of sp³-hybridized carbons (Fsp3) is 0.611. The van der Waals surface area contributed by atoms with Gasteiger partial charge in [0.15, 0.2) is 0 Å². The van der Waals surface area contributed by atoms with E-state index in [2.05, 4.69) is 36.1 Å². The van der Waals surface area contributed by atoms with Crippen LogP contribution in [0.4, 0.5) is 4.39 Å². The van der Waals surface area contributed by atoms with E-state index in [1.807, 2.05) is 0 Å². The van der Waals surface area contributed by atoms with E-state index in [1.165, 1.54) is 18.2 Å². The van der Waals surface area contributed by atoms with E-state index in [9.17, 15) is 9.18 Å². The van der Waals surface area contributed by atoms with Crippen molar-refractivity contribution < 1.29 is 13.9 Å². The Morgan fingerprint density at radius 3 is 2.59 bits per heavy atom. The zero-order valence-electron chi connectivity index (χ0n) is 13.3. The van der Waals surface area contributed by atoms with E-state index in [1.54, 1.807) is 0 Å². The Balaban J connectivity index is 1.91. The average molecular weight is 305 g/mol. The highest BCUT2D eigenvalue weighted by atomic mass is 19.1. The third kappa shape index (κ3) is 2.54. The van der Waals surface area contributed by atoms with Gasteiger partial charge in [0.1, 0.15) is 0 Å². The summed E-state index contributed by atoms with van der Waals surface area (Å²) in [5.74, 6) is -0.0690. The van der Waals surface area contributed by atoms with Gasteiger partial charge in [0, 0.05) is 24.5 Å². The van der Waals surface area contributed by atoms with E-state index < -0.39 is 0 Å². The fourth-order valence-corrected chi connectivity index (χ4v) is 4.40. The molecule has 2 fully saturated rings. The van der Waals surface area contributed by atoms with Crippen LogP contribution in [0.15, 0.2) is 24.3 Å². The van der Waals surface area contributed by atoms with Crippen molar-refractivity contribution in [2.24, 2.45) is 5.92 Å². The van der Waals surface area contributed by atoms with Crippen LogP contribution in [0, 0.1) is 12.8 Å². The number of hydrogen-bond acceptors (Lipinski definition) is 3. The third-order valence-corrected chi connectivity index (χ3v) is 5.31. The van der Waals surface area contributed by atoms with Gasteiger partial charge >= 0.3 is 5.97 Å².